The highest BCUT2D eigenvalue weighted by molar-refractivity contribution is 8.04. The Kier molecular flexibility index (Phi) is 12.3. The number of nitrogens with zero attached hydrogens (tertiary/aromatic N) is 1. The third kappa shape index (κ3) is 10.1. The molecule has 1 heterocycles. The Bertz CT molecular complexity index is 1380. The molecule has 2 fully saturated rings. The Balaban J connectivity index is 1.45. The van der Waals surface area contributed by atoms with E-state index in [1.54, 1.807) is 0 Å². The van der Waals surface area contributed by atoms with Crippen LogP contribution in [-0.4, -0.2) is 74.2 Å². The van der Waals surface area contributed by atoms with Crippen molar-refractivity contribution in [3.63, 3.8) is 0 Å². The summed E-state index contributed by atoms with van der Waals surface area (Å²) in [6, 6.07) is 10.7. The number of benzene rings is 2. The van der Waals surface area contributed by atoms with E-state index in [4.69, 9.17) is 5.73 Å². The molecule has 0 radical (unpaired) electrons. The number of fused-ring (bicyclic) bond motifs is 1. The van der Waals surface area contributed by atoms with Crippen LogP contribution in [0.25, 0.3) is 10.8 Å². The number of likely N-dealkylation sites (tertiary alicyclic amines) is 1. The highest BCUT2D eigenvalue weighted by Crippen LogP contribution is 2.39. The van der Waals surface area contributed by atoms with Gasteiger partial charge in [0, 0.05) is 25.1 Å². The van der Waals surface area contributed by atoms with E-state index >= 15 is 0 Å². The normalized spacial score (nSPS) is 19.2. The Morgan fingerprint density at radius 2 is 1.64 bits per heavy atom. The molecule has 0 bridgehead atoms. The number of nitrogens with two attached hydrogens (primary N) is 1. The van der Waals surface area contributed by atoms with E-state index < -0.39 is 48.9 Å². The number of piperidine rings is 1. The number of nitrogens with one attached hydrogen (secondary N) is 2. The minimum absolute atomic E-state index is 0.0446. The fourth-order valence-corrected chi connectivity index (χ4v) is 7.97. The van der Waals surface area contributed by atoms with Crippen molar-refractivity contribution in [1.29, 1.82) is 0 Å². The van der Waals surface area contributed by atoms with Gasteiger partial charge in [0.05, 0.1) is 5.49 Å². The largest absolute Gasteiger partial charge is 0.368 e. The van der Waals surface area contributed by atoms with Crippen LogP contribution in [0.5, 0.6) is 0 Å². The lowest BCUT2D eigenvalue weighted by Gasteiger charge is -2.37. The fraction of sp³-hybridized carbons (Fsp3) is 0.548. The topological polar surface area (TPSA) is 179 Å². The fourth-order valence-electron chi connectivity index (χ4n) is 6.13. The molecule has 2 aromatic rings. The van der Waals surface area contributed by atoms with Crippen LogP contribution in [0.2, 0.25) is 0 Å². The van der Waals surface area contributed by atoms with Crippen LogP contribution in [0.4, 0.5) is 0 Å². The summed E-state index contributed by atoms with van der Waals surface area (Å²) in [7, 11) is -4.33. The lowest BCUT2D eigenvalue weighted by molar-refractivity contribution is -0.145. The van der Waals surface area contributed by atoms with Crippen LogP contribution in [0.3, 0.4) is 0 Å². The highest BCUT2D eigenvalue weighted by atomic mass is 32.2. The van der Waals surface area contributed by atoms with Crippen molar-refractivity contribution in [1.82, 2.24) is 15.5 Å². The summed E-state index contributed by atoms with van der Waals surface area (Å²) in [5, 5.41) is 7.61. The molecule has 1 aliphatic carbocycles. The number of hydrogen-bond donors (Lipinski definition) is 5. The van der Waals surface area contributed by atoms with E-state index in [1.807, 2.05) is 42.5 Å². The van der Waals surface area contributed by atoms with Crippen molar-refractivity contribution in [2.24, 2.45) is 11.7 Å². The van der Waals surface area contributed by atoms with E-state index in [0.717, 1.165) is 60.2 Å². The average Bonchev–Trinajstić information content (AvgIpc) is 2.99. The predicted octanol–water partition coefficient (Wildman–Crippen LogP) is 3.06. The molecule has 2 aliphatic rings. The first-order valence-corrected chi connectivity index (χ1v) is 18.2. The molecule has 0 unspecified atom stereocenters. The van der Waals surface area contributed by atoms with Crippen molar-refractivity contribution in [2.75, 3.05) is 17.8 Å². The zero-order chi connectivity index (χ0) is 31.7. The Morgan fingerprint density at radius 1 is 0.932 bits per heavy atom. The lowest BCUT2D eigenvalue weighted by Crippen LogP contribution is -2.60. The quantitative estimate of drug-likeness (QED) is 0.206. The Morgan fingerprint density at radius 3 is 2.34 bits per heavy atom. The molecule has 11 nitrogen and oxygen atoms in total. The summed E-state index contributed by atoms with van der Waals surface area (Å²) in [5.74, 6) is -1.76. The first kappa shape index (κ1) is 34.0. The van der Waals surface area contributed by atoms with Gasteiger partial charge in [-0.05, 0) is 54.4 Å². The van der Waals surface area contributed by atoms with Crippen molar-refractivity contribution < 1.29 is 33.5 Å². The third-order valence-electron chi connectivity index (χ3n) is 8.38. The van der Waals surface area contributed by atoms with Gasteiger partial charge in [-0.15, -0.1) is 11.8 Å². The standard InChI is InChI=1S/C31H43N4O7PS/c32-29(37)25(17-22-13-14-23-10-4-5-11-24(23)16-22)34-30(38)27-12-6-7-15-35(27)31(39)26(19-44-20-43(40,41)42)33-28(36)18-21-8-2-1-3-9-21/h4-5,10-11,13-14,16,21,25-27H,1-3,6-9,12,15,17-20H2,(H2,32,37)(H,33,36)(H,34,38)(H2,40,41,42)/t25-,26-,27-/m0/s1. The minimum Gasteiger partial charge on any atom is -0.368 e. The minimum atomic E-state index is -4.33. The summed E-state index contributed by atoms with van der Waals surface area (Å²) < 4.78 is 11.5. The summed E-state index contributed by atoms with van der Waals surface area (Å²) in [6.45, 7) is 0.279. The van der Waals surface area contributed by atoms with Gasteiger partial charge in [-0.25, -0.2) is 0 Å². The highest BCUT2D eigenvalue weighted by Gasteiger charge is 2.37. The summed E-state index contributed by atoms with van der Waals surface area (Å²) >= 11 is 0.888. The van der Waals surface area contributed by atoms with Crippen LogP contribution in [-0.2, 0) is 30.2 Å². The van der Waals surface area contributed by atoms with Crippen molar-refractivity contribution in [3.05, 3.63) is 48.0 Å². The van der Waals surface area contributed by atoms with Gasteiger partial charge in [0.2, 0.25) is 23.6 Å². The van der Waals surface area contributed by atoms with Crippen LogP contribution in [0.1, 0.15) is 63.4 Å². The molecule has 1 saturated heterocycles. The number of carbonyl (C=O) groups excluding carboxylic acids is 4. The first-order valence-electron chi connectivity index (χ1n) is 15.3. The molecule has 3 atom stereocenters. The Hall–Kier alpha value is -2.92. The van der Waals surface area contributed by atoms with E-state index in [2.05, 4.69) is 10.6 Å². The molecule has 4 amide bonds. The first-order chi connectivity index (χ1) is 21.0. The molecule has 4 rings (SSSR count). The Labute approximate surface area is 262 Å². The van der Waals surface area contributed by atoms with Gasteiger partial charge in [-0.2, -0.15) is 0 Å². The number of primary amides is 1. The van der Waals surface area contributed by atoms with Crippen LogP contribution >= 0.6 is 19.4 Å². The summed E-state index contributed by atoms with van der Waals surface area (Å²) in [6.07, 6.45) is 7.38. The van der Waals surface area contributed by atoms with Crippen LogP contribution in [0.15, 0.2) is 42.5 Å². The van der Waals surface area contributed by atoms with Gasteiger partial charge in [-0.1, -0.05) is 61.7 Å². The molecular weight excluding hydrogens is 603 g/mol. The molecule has 0 aromatic heterocycles. The average molecular weight is 647 g/mol. The molecule has 1 saturated carbocycles. The second-order valence-corrected chi connectivity index (χ2v) is 15.0. The second-order valence-electron chi connectivity index (χ2n) is 11.9. The molecule has 240 valence electrons. The molecule has 13 heteroatoms. The lowest BCUT2D eigenvalue weighted by atomic mass is 9.87. The van der Waals surface area contributed by atoms with Gasteiger partial charge in [0.25, 0.3) is 0 Å². The van der Waals surface area contributed by atoms with Gasteiger partial charge in [0.15, 0.2) is 0 Å². The third-order valence-corrected chi connectivity index (χ3v) is 11.0. The van der Waals surface area contributed by atoms with E-state index in [9.17, 15) is 33.5 Å². The molecule has 1 aliphatic heterocycles. The molecular formula is C31H43N4O7PS. The van der Waals surface area contributed by atoms with Gasteiger partial charge in [-0.3, -0.25) is 23.7 Å². The number of thioether (sulfide) groups is 1. The van der Waals surface area contributed by atoms with Crippen LogP contribution < -0.4 is 16.4 Å². The molecule has 44 heavy (non-hydrogen) atoms. The molecule has 2 aromatic carbocycles. The van der Waals surface area contributed by atoms with E-state index in [-0.39, 0.29) is 37.0 Å². The number of amides is 4. The monoisotopic (exact) mass is 646 g/mol. The zero-order valence-electron chi connectivity index (χ0n) is 24.9. The summed E-state index contributed by atoms with van der Waals surface area (Å²) in [4.78, 5) is 72.9. The predicted molar refractivity (Wildman–Crippen MR) is 171 cm³/mol. The number of carbonyl (C=O) groups is 4. The van der Waals surface area contributed by atoms with Crippen LogP contribution in [0, 0.1) is 5.92 Å². The van der Waals surface area contributed by atoms with Crippen molar-refractivity contribution in [3.8, 4) is 0 Å². The number of rotatable bonds is 13. The van der Waals surface area contributed by atoms with Gasteiger partial charge in [0.1, 0.15) is 18.1 Å². The zero-order valence-corrected chi connectivity index (χ0v) is 26.6. The summed E-state index contributed by atoms with van der Waals surface area (Å²) in [5.41, 5.74) is 6.03. The molecule has 6 N–H and O–H groups in total. The maximum Gasteiger partial charge on any atom is 0.335 e. The maximum atomic E-state index is 13.9. The smallest absolute Gasteiger partial charge is 0.335 e. The molecule has 0 spiro atoms. The number of hydrogen-bond acceptors (Lipinski definition) is 6. The van der Waals surface area contributed by atoms with E-state index in [0.29, 0.717) is 19.3 Å². The maximum absolute atomic E-state index is 13.9. The van der Waals surface area contributed by atoms with Gasteiger partial charge >= 0.3 is 7.60 Å². The van der Waals surface area contributed by atoms with E-state index in [1.165, 1.54) is 4.90 Å². The van der Waals surface area contributed by atoms with Crippen molar-refractivity contribution in [2.45, 2.75) is 82.3 Å². The SMILES string of the molecule is NC(=O)[C@H](Cc1ccc2ccccc2c1)NC(=O)[C@@H]1CCCCN1C(=O)[C@H](CSCP(=O)(O)O)NC(=O)CC1CCCCC1. The second kappa shape index (κ2) is 15.9. The van der Waals surface area contributed by atoms with Gasteiger partial charge < -0.3 is 31.1 Å². The van der Waals surface area contributed by atoms with Crippen molar-refractivity contribution >= 4 is 53.8 Å².